The molecule has 1 fully saturated rings. The number of rotatable bonds is 3. The van der Waals surface area contributed by atoms with Crippen LogP contribution in [0.3, 0.4) is 0 Å². The molecule has 0 saturated carbocycles. The molecule has 2 aliphatic rings. The Kier molecular flexibility index (Phi) is 5.26. The Morgan fingerprint density at radius 1 is 1.28 bits per heavy atom. The van der Waals surface area contributed by atoms with Crippen molar-refractivity contribution in [2.75, 3.05) is 13.1 Å². The standard InChI is InChI=1S/C22H22F3N3O4/c1-11-4-5-13(16(23)12(11)2)8-26-20(31)14-9-28-15-10-27(7-3-6-22(15,24)25)21(32)17(28)19(30)18(14)29/h4-5,9,15,30H,3,6-8,10H2,1-2H3,(H,26,31)/t15-/m0/s1. The number of hydrogen-bond donors (Lipinski definition) is 2. The van der Waals surface area contributed by atoms with Gasteiger partial charge in [-0.2, -0.15) is 0 Å². The van der Waals surface area contributed by atoms with Gasteiger partial charge in [-0.05, 0) is 31.4 Å². The summed E-state index contributed by atoms with van der Waals surface area (Å²) in [6.07, 6.45) is 0.494. The zero-order valence-corrected chi connectivity index (χ0v) is 17.5. The summed E-state index contributed by atoms with van der Waals surface area (Å²) in [4.78, 5) is 39.2. The smallest absolute Gasteiger partial charge is 0.274 e. The maximum Gasteiger partial charge on any atom is 0.274 e. The lowest BCUT2D eigenvalue weighted by atomic mass is 10.0. The number of nitrogens with one attached hydrogen (secondary N) is 1. The summed E-state index contributed by atoms with van der Waals surface area (Å²) in [6.45, 7) is 2.87. The summed E-state index contributed by atoms with van der Waals surface area (Å²) >= 11 is 0. The van der Waals surface area contributed by atoms with Crippen molar-refractivity contribution in [2.24, 2.45) is 0 Å². The molecular weight excluding hydrogens is 427 g/mol. The first-order valence-electron chi connectivity index (χ1n) is 10.2. The van der Waals surface area contributed by atoms with Crippen LogP contribution in [0.1, 0.15) is 56.4 Å². The number of amides is 2. The van der Waals surface area contributed by atoms with Crippen molar-refractivity contribution in [3.8, 4) is 5.75 Å². The van der Waals surface area contributed by atoms with Crippen LogP contribution in [-0.4, -0.2) is 45.4 Å². The van der Waals surface area contributed by atoms with Crippen LogP contribution in [-0.2, 0) is 6.54 Å². The average molecular weight is 449 g/mol. The fraction of sp³-hybridized carbons (Fsp3) is 0.409. The second-order valence-corrected chi connectivity index (χ2v) is 8.27. The molecule has 32 heavy (non-hydrogen) atoms. The first kappa shape index (κ1) is 21.9. The van der Waals surface area contributed by atoms with Crippen LogP contribution in [0.4, 0.5) is 13.2 Å². The minimum Gasteiger partial charge on any atom is -0.503 e. The number of pyridine rings is 1. The summed E-state index contributed by atoms with van der Waals surface area (Å²) in [5, 5.41) is 12.8. The van der Waals surface area contributed by atoms with Crippen LogP contribution < -0.4 is 10.7 Å². The fourth-order valence-corrected chi connectivity index (χ4v) is 4.22. The molecule has 0 unspecified atom stereocenters. The van der Waals surface area contributed by atoms with E-state index in [-0.39, 0.29) is 31.6 Å². The lowest BCUT2D eigenvalue weighted by molar-refractivity contribution is -0.0597. The van der Waals surface area contributed by atoms with Gasteiger partial charge >= 0.3 is 0 Å². The highest BCUT2D eigenvalue weighted by molar-refractivity contribution is 5.99. The Morgan fingerprint density at radius 3 is 2.72 bits per heavy atom. The Labute approximate surface area is 181 Å². The Hall–Kier alpha value is -3.30. The molecule has 2 amide bonds. The van der Waals surface area contributed by atoms with Gasteiger partial charge in [-0.1, -0.05) is 12.1 Å². The van der Waals surface area contributed by atoms with Crippen LogP contribution in [0.25, 0.3) is 0 Å². The number of alkyl halides is 2. The van der Waals surface area contributed by atoms with Crippen molar-refractivity contribution in [3.05, 3.63) is 62.3 Å². The van der Waals surface area contributed by atoms with Gasteiger partial charge in [0.25, 0.3) is 17.7 Å². The van der Waals surface area contributed by atoms with Gasteiger partial charge in [0.05, 0.1) is 0 Å². The van der Waals surface area contributed by atoms with E-state index >= 15 is 0 Å². The van der Waals surface area contributed by atoms with Crippen molar-refractivity contribution in [2.45, 2.75) is 45.2 Å². The third kappa shape index (κ3) is 3.43. The van der Waals surface area contributed by atoms with Crippen LogP contribution in [0.5, 0.6) is 5.75 Å². The number of nitrogens with zero attached hydrogens (tertiary/aromatic N) is 2. The molecule has 1 aromatic carbocycles. The number of aryl methyl sites for hydroxylation is 1. The highest BCUT2D eigenvalue weighted by Crippen LogP contribution is 2.41. The van der Waals surface area contributed by atoms with Crippen LogP contribution in [0.15, 0.2) is 23.1 Å². The third-order valence-corrected chi connectivity index (χ3v) is 6.28. The quantitative estimate of drug-likeness (QED) is 0.754. The number of carbonyl (C=O) groups is 2. The molecule has 1 atom stereocenters. The van der Waals surface area contributed by atoms with Crippen molar-refractivity contribution in [1.82, 2.24) is 14.8 Å². The lowest BCUT2D eigenvalue weighted by Gasteiger charge is -2.37. The highest BCUT2D eigenvalue weighted by atomic mass is 19.3. The molecule has 1 aromatic heterocycles. The second-order valence-electron chi connectivity index (χ2n) is 8.27. The van der Waals surface area contributed by atoms with Crippen molar-refractivity contribution >= 4 is 11.8 Å². The minimum absolute atomic E-state index is 0.0731. The molecule has 0 spiro atoms. The maximum atomic E-state index is 14.7. The summed E-state index contributed by atoms with van der Waals surface area (Å²) in [5.41, 5.74) is -0.961. The predicted molar refractivity (Wildman–Crippen MR) is 109 cm³/mol. The van der Waals surface area contributed by atoms with E-state index in [1.165, 1.54) is 11.0 Å². The molecule has 0 aliphatic carbocycles. The molecule has 3 heterocycles. The van der Waals surface area contributed by atoms with Gasteiger partial charge in [0.15, 0.2) is 11.4 Å². The molecule has 4 rings (SSSR count). The molecule has 1 saturated heterocycles. The third-order valence-electron chi connectivity index (χ3n) is 6.28. The number of aromatic hydroxyl groups is 1. The largest absolute Gasteiger partial charge is 0.503 e. The van der Waals surface area contributed by atoms with Gasteiger partial charge < -0.3 is 19.9 Å². The second kappa shape index (κ2) is 7.68. The Bertz CT molecular complexity index is 1190. The van der Waals surface area contributed by atoms with E-state index in [9.17, 15) is 32.7 Å². The predicted octanol–water partition coefficient (Wildman–Crippen LogP) is 2.67. The number of benzene rings is 1. The zero-order chi connectivity index (χ0) is 23.4. The molecule has 0 radical (unpaired) electrons. The first-order valence-corrected chi connectivity index (χ1v) is 10.2. The number of fused-ring (bicyclic) bond motifs is 4. The van der Waals surface area contributed by atoms with Gasteiger partial charge in [0, 0.05) is 37.8 Å². The topological polar surface area (TPSA) is 91.6 Å². The van der Waals surface area contributed by atoms with E-state index < -0.39 is 58.5 Å². The van der Waals surface area contributed by atoms with E-state index in [4.69, 9.17) is 0 Å². The lowest BCUT2D eigenvalue weighted by Crippen LogP contribution is -2.48. The van der Waals surface area contributed by atoms with E-state index in [1.807, 2.05) is 0 Å². The van der Waals surface area contributed by atoms with Crippen LogP contribution in [0.2, 0.25) is 0 Å². The van der Waals surface area contributed by atoms with E-state index in [0.717, 1.165) is 16.3 Å². The molecule has 7 nitrogen and oxygen atoms in total. The summed E-state index contributed by atoms with van der Waals surface area (Å²) < 4.78 is 44.7. The monoisotopic (exact) mass is 449 g/mol. The molecule has 170 valence electrons. The van der Waals surface area contributed by atoms with Crippen LogP contribution >= 0.6 is 0 Å². The highest BCUT2D eigenvalue weighted by Gasteiger charge is 2.49. The van der Waals surface area contributed by atoms with Crippen LogP contribution in [0, 0.1) is 19.7 Å². The van der Waals surface area contributed by atoms with Gasteiger partial charge in [0.1, 0.15) is 17.4 Å². The number of aromatic nitrogens is 1. The first-order chi connectivity index (χ1) is 15.0. The van der Waals surface area contributed by atoms with Crippen molar-refractivity contribution in [3.63, 3.8) is 0 Å². The molecule has 2 aliphatic heterocycles. The summed E-state index contributed by atoms with van der Waals surface area (Å²) in [5.74, 6) is -6.46. The van der Waals surface area contributed by atoms with Gasteiger partial charge in [-0.15, -0.1) is 0 Å². The average Bonchev–Trinajstić information content (AvgIpc) is 2.88. The molecule has 2 aromatic rings. The van der Waals surface area contributed by atoms with Crippen molar-refractivity contribution < 1.29 is 27.9 Å². The number of hydrogen-bond acceptors (Lipinski definition) is 4. The zero-order valence-electron chi connectivity index (χ0n) is 17.5. The maximum absolute atomic E-state index is 14.7. The SMILES string of the molecule is Cc1ccc(CNC(=O)c2cn3c(c(O)c2=O)C(=O)N2CCCC(F)(F)[C@@H]3C2)c(F)c1C. The normalized spacial score (nSPS) is 19.3. The minimum atomic E-state index is -3.21. The molecule has 2 bridgehead atoms. The number of halogens is 3. The van der Waals surface area contributed by atoms with Crippen molar-refractivity contribution in [1.29, 1.82) is 0 Å². The summed E-state index contributed by atoms with van der Waals surface area (Å²) in [6, 6.07) is 1.66. The molecule has 10 heteroatoms. The molecule has 2 N–H and O–H groups in total. The van der Waals surface area contributed by atoms with Gasteiger partial charge in [-0.3, -0.25) is 14.4 Å². The van der Waals surface area contributed by atoms with E-state index in [0.29, 0.717) is 5.56 Å². The Balaban J connectivity index is 1.71. The van der Waals surface area contributed by atoms with Gasteiger partial charge in [-0.25, -0.2) is 13.2 Å². The van der Waals surface area contributed by atoms with E-state index in [1.54, 1.807) is 19.9 Å². The van der Waals surface area contributed by atoms with Gasteiger partial charge in [0.2, 0.25) is 5.43 Å². The fourth-order valence-electron chi connectivity index (χ4n) is 4.22. The molecular formula is C22H22F3N3O4. The number of carbonyl (C=O) groups excluding carboxylic acids is 2. The van der Waals surface area contributed by atoms with E-state index in [2.05, 4.69) is 5.32 Å². The Morgan fingerprint density at radius 2 is 2.00 bits per heavy atom. The summed E-state index contributed by atoms with van der Waals surface area (Å²) in [7, 11) is 0.